The van der Waals surface area contributed by atoms with Crippen molar-refractivity contribution in [1.82, 2.24) is 9.80 Å². The van der Waals surface area contributed by atoms with Crippen LogP contribution in [0.3, 0.4) is 0 Å². The minimum atomic E-state index is -1.18. The molecule has 5 unspecified atom stereocenters. The molecule has 2 N–H and O–H groups in total. The second kappa shape index (κ2) is 15.2. The molecule has 0 aromatic carbocycles. The normalized spacial score (nSPS) is 41.0. The number of hydrogen-bond donors (Lipinski definition) is 2. The van der Waals surface area contributed by atoms with Crippen LogP contribution in [0.15, 0.2) is 0 Å². The number of morpholine rings is 1. The van der Waals surface area contributed by atoms with Crippen LogP contribution in [0.25, 0.3) is 0 Å². The standard InChI is InChI=1S/C47H80N2O8/c1-30-25-32(39(51)43(8,9)53)55-33-27-45(11)34-13-12-17-46(29-47(34,46)20-19-44(45,10)38(30)33)18-14-35(41(2,3)4)56-37-28-49(23-24-54-37)36(50)26-31-15-21-48(22-16-31)40(52)57-42(5,6)7/h30-35,37-39,51,53H,12-29H2,1-11H3/t30?,32?,33?,34-,35-,37?,38?,39-,44+,45-,46+,47-/m0/s1. The van der Waals surface area contributed by atoms with Crippen molar-refractivity contribution in [3.05, 3.63) is 0 Å². The average molecular weight is 801 g/mol. The summed E-state index contributed by atoms with van der Waals surface area (Å²) in [5, 5.41) is 21.8. The lowest BCUT2D eigenvalue weighted by molar-refractivity contribution is -0.221. The third-order valence-corrected chi connectivity index (χ3v) is 17.3. The lowest BCUT2D eigenvalue weighted by Gasteiger charge is -2.60. The quantitative estimate of drug-likeness (QED) is 0.239. The number of carbonyl (C=O) groups excluding carboxylic acids is 2. The van der Waals surface area contributed by atoms with Crippen LogP contribution in [0.4, 0.5) is 4.79 Å². The van der Waals surface area contributed by atoms with Crippen molar-refractivity contribution in [2.75, 3.05) is 32.8 Å². The molecule has 2 amide bonds. The fourth-order valence-corrected chi connectivity index (χ4v) is 14.1. The van der Waals surface area contributed by atoms with Crippen molar-refractivity contribution in [3.63, 3.8) is 0 Å². The second-order valence-electron chi connectivity index (χ2n) is 23.4. The highest BCUT2D eigenvalue weighted by Crippen LogP contribution is 2.86. The summed E-state index contributed by atoms with van der Waals surface area (Å²) in [6, 6.07) is 0. The van der Waals surface area contributed by atoms with Gasteiger partial charge in [-0.3, -0.25) is 4.79 Å². The van der Waals surface area contributed by atoms with E-state index in [1.165, 1.54) is 44.9 Å². The highest BCUT2D eigenvalue weighted by molar-refractivity contribution is 5.76. The molecule has 3 heterocycles. The van der Waals surface area contributed by atoms with E-state index in [9.17, 15) is 19.8 Å². The van der Waals surface area contributed by atoms with Gasteiger partial charge in [-0.1, -0.05) is 48.0 Å². The molecule has 10 heteroatoms. The van der Waals surface area contributed by atoms with E-state index in [4.69, 9.17) is 18.9 Å². The van der Waals surface area contributed by atoms with Crippen molar-refractivity contribution in [2.45, 2.75) is 202 Å². The number of likely N-dealkylation sites (tertiary alicyclic amines) is 1. The van der Waals surface area contributed by atoms with Gasteiger partial charge in [0, 0.05) is 26.1 Å². The van der Waals surface area contributed by atoms with Gasteiger partial charge in [-0.25, -0.2) is 4.79 Å². The minimum Gasteiger partial charge on any atom is -0.444 e. The van der Waals surface area contributed by atoms with Gasteiger partial charge in [-0.15, -0.1) is 0 Å². The van der Waals surface area contributed by atoms with Crippen LogP contribution >= 0.6 is 0 Å². The van der Waals surface area contributed by atoms with Gasteiger partial charge in [-0.05, 0) is 156 Å². The molecule has 57 heavy (non-hydrogen) atoms. The molecule has 7 aliphatic rings. The van der Waals surface area contributed by atoms with Gasteiger partial charge in [0.1, 0.15) is 11.7 Å². The molecule has 3 aliphatic heterocycles. The SMILES string of the molecule is CC1CC([C@H](O)C(C)(C)O)OC2C[C@@]3(C)[C@@H]4CCC[C@@]5(CC[C@H](OC6CN(C(=O)CC7CCN(C(=O)OC(C)(C)C)CC7)CCO6)C(C)(C)C)C[C@@]45CC[C@]3(C)C12. The zero-order valence-corrected chi connectivity index (χ0v) is 37.7. The summed E-state index contributed by atoms with van der Waals surface area (Å²) in [5.41, 5.74) is -0.620. The Bertz CT molecular complexity index is 1480. The summed E-state index contributed by atoms with van der Waals surface area (Å²) in [6.45, 7) is 26.3. The fourth-order valence-electron chi connectivity index (χ4n) is 14.1. The molecule has 4 saturated carbocycles. The summed E-state index contributed by atoms with van der Waals surface area (Å²) >= 11 is 0. The maximum Gasteiger partial charge on any atom is 0.410 e. The topological polar surface area (TPSA) is 118 Å². The minimum absolute atomic E-state index is 0.0225. The summed E-state index contributed by atoms with van der Waals surface area (Å²) < 4.78 is 25.5. The third-order valence-electron chi connectivity index (χ3n) is 17.3. The van der Waals surface area contributed by atoms with E-state index >= 15 is 0 Å². The molecule has 0 radical (unpaired) electrons. The van der Waals surface area contributed by atoms with Gasteiger partial charge < -0.3 is 39.0 Å². The zero-order valence-electron chi connectivity index (χ0n) is 37.7. The van der Waals surface area contributed by atoms with Crippen molar-refractivity contribution < 1.29 is 38.7 Å². The lowest BCUT2D eigenvalue weighted by atomic mass is 9.44. The van der Waals surface area contributed by atoms with Crippen molar-refractivity contribution >= 4 is 12.0 Å². The van der Waals surface area contributed by atoms with Crippen LogP contribution in [0.5, 0.6) is 0 Å². The van der Waals surface area contributed by atoms with Crippen LogP contribution in [0.1, 0.15) is 160 Å². The van der Waals surface area contributed by atoms with E-state index in [1.54, 1.807) is 18.7 Å². The zero-order chi connectivity index (χ0) is 41.6. The molecular weight excluding hydrogens is 721 g/mol. The first-order valence-electron chi connectivity index (χ1n) is 23.0. The van der Waals surface area contributed by atoms with E-state index in [2.05, 4.69) is 41.5 Å². The molecule has 0 aromatic rings. The molecule has 7 rings (SSSR count). The molecule has 12 atom stereocenters. The van der Waals surface area contributed by atoms with Crippen LogP contribution in [-0.4, -0.2) is 107 Å². The highest BCUT2D eigenvalue weighted by Gasteiger charge is 2.79. The number of rotatable bonds is 9. The Labute approximate surface area is 344 Å². The molecule has 326 valence electrons. The largest absolute Gasteiger partial charge is 0.444 e. The van der Waals surface area contributed by atoms with Gasteiger partial charge in [0.05, 0.1) is 37.1 Å². The molecule has 0 bridgehead atoms. The van der Waals surface area contributed by atoms with Gasteiger partial charge in [0.25, 0.3) is 0 Å². The number of hydrogen-bond acceptors (Lipinski definition) is 8. The Morgan fingerprint density at radius 2 is 1.63 bits per heavy atom. The molecule has 1 spiro atoms. The molecular formula is C47H80N2O8. The third kappa shape index (κ3) is 8.08. The van der Waals surface area contributed by atoms with Crippen molar-refractivity contribution in [2.24, 2.45) is 50.7 Å². The number of fused-ring (bicyclic) bond motifs is 4. The molecule has 7 fully saturated rings. The van der Waals surface area contributed by atoms with Crippen molar-refractivity contribution in [1.29, 1.82) is 0 Å². The number of carbonyl (C=O) groups is 2. The Morgan fingerprint density at radius 3 is 2.28 bits per heavy atom. The molecule has 0 aromatic heterocycles. The first-order chi connectivity index (χ1) is 26.4. The molecule has 3 saturated heterocycles. The summed E-state index contributed by atoms with van der Waals surface area (Å²) in [4.78, 5) is 29.9. The number of aliphatic hydroxyl groups excluding tert-OH is 1. The first kappa shape index (κ1) is 43.6. The van der Waals surface area contributed by atoms with Crippen LogP contribution in [0, 0.1) is 50.7 Å². The Balaban J connectivity index is 0.958. The van der Waals surface area contributed by atoms with Gasteiger partial charge in [0.2, 0.25) is 5.91 Å². The Morgan fingerprint density at radius 1 is 0.930 bits per heavy atom. The van der Waals surface area contributed by atoms with E-state index in [0.29, 0.717) is 67.8 Å². The van der Waals surface area contributed by atoms with Gasteiger partial charge in [-0.2, -0.15) is 0 Å². The number of ether oxygens (including phenoxy) is 4. The smallest absolute Gasteiger partial charge is 0.410 e. The number of nitrogens with zero attached hydrogens (tertiary/aromatic N) is 2. The second-order valence-corrected chi connectivity index (χ2v) is 23.4. The van der Waals surface area contributed by atoms with Crippen LogP contribution in [0.2, 0.25) is 0 Å². The first-order valence-corrected chi connectivity index (χ1v) is 23.0. The maximum atomic E-state index is 13.6. The van der Waals surface area contributed by atoms with Crippen LogP contribution in [-0.2, 0) is 23.7 Å². The summed E-state index contributed by atoms with van der Waals surface area (Å²) in [5.74, 6) is 2.03. The Kier molecular flexibility index (Phi) is 11.6. The predicted molar refractivity (Wildman–Crippen MR) is 220 cm³/mol. The van der Waals surface area contributed by atoms with E-state index < -0.39 is 23.6 Å². The van der Waals surface area contributed by atoms with E-state index in [1.807, 2.05) is 25.7 Å². The molecule has 4 aliphatic carbocycles. The number of amides is 2. The maximum absolute atomic E-state index is 13.6. The fraction of sp³-hybridized carbons (Fsp3) is 0.957. The number of piperidine rings is 1. The monoisotopic (exact) mass is 801 g/mol. The average Bonchev–Trinajstić information content (AvgIpc) is 3.71. The van der Waals surface area contributed by atoms with Gasteiger partial charge >= 0.3 is 6.09 Å². The van der Waals surface area contributed by atoms with Crippen LogP contribution < -0.4 is 0 Å². The summed E-state index contributed by atoms with van der Waals surface area (Å²) in [7, 11) is 0. The van der Waals surface area contributed by atoms with E-state index in [0.717, 1.165) is 32.1 Å². The predicted octanol–water partition coefficient (Wildman–Crippen LogP) is 8.35. The Hall–Kier alpha value is -1.46. The number of aliphatic hydroxyl groups is 2. The highest BCUT2D eigenvalue weighted by atomic mass is 16.7. The van der Waals surface area contributed by atoms with Gasteiger partial charge in [0.15, 0.2) is 6.29 Å². The lowest BCUT2D eigenvalue weighted by Crippen LogP contribution is -2.55. The van der Waals surface area contributed by atoms with Crippen molar-refractivity contribution in [3.8, 4) is 0 Å². The summed E-state index contributed by atoms with van der Waals surface area (Å²) in [6.07, 6.45) is 12.2. The van der Waals surface area contributed by atoms with E-state index in [-0.39, 0.29) is 52.5 Å². The molecule has 10 nitrogen and oxygen atoms in total.